The van der Waals surface area contributed by atoms with Crippen molar-refractivity contribution in [3.8, 4) is 0 Å². The Bertz CT molecular complexity index is 442. The van der Waals surface area contributed by atoms with Crippen molar-refractivity contribution in [3.63, 3.8) is 0 Å². The van der Waals surface area contributed by atoms with E-state index in [2.05, 4.69) is 0 Å². The van der Waals surface area contributed by atoms with Gasteiger partial charge < -0.3 is 9.52 Å². The van der Waals surface area contributed by atoms with Gasteiger partial charge in [0.15, 0.2) is 5.78 Å². The first-order valence-electron chi connectivity index (χ1n) is 4.89. The maximum atomic E-state index is 11.7. The molecule has 0 aromatic carbocycles. The summed E-state index contributed by atoms with van der Waals surface area (Å²) >= 11 is 0. The molecule has 15 heavy (non-hydrogen) atoms. The van der Waals surface area contributed by atoms with E-state index in [1.165, 1.54) is 0 Å². The molecule has 1 aromatic rings. The average molecular weight is 208 g/mol. The van der Waals surface area contributed by atoms with Crippen molar-refractivity contribution in [2.75, 3.05) is 0 Å². The van der Waals surface area contributed by atoms with Crippen LogP contribution in [0.15, 0.2) is 4.42 Å². The number of carbonyl (C=O) groups is 2. The Kier molecular flexibility index (Phi) is 2.14. The number of hydrogen-bond acceptors (Lipinski definition) is 3. The maximum Gasteiger partial charge on any atom is 0.340 e. The molecule has 0 aliphatic heterocycles. The Morgan fingerprint density at radius 2 is 2.13 bits per heavy atom. The Labute approximate surface area is 86.9 Å². The molecule has 4 nitrogen and oxygen atoms in total. The fourth-order valence-electron chi connectivity index (χ4n) is 2.11. The van der Waals surface area contributed by atoms with E-state index in [0.717, 1.165) is 0 Å². The van der Waals surface area contributed by atoms with Gasteiger partial charge in [0, 0.05) is 12.8 Å². The van der Waals surface area contributed by atoms with Crippen molar-refractivity contribution in [1.29, 1.82) is 0 Å². The molecule has 1 atom stereocenters. The molecule has 0 saturated heterocycles. The minimum Gasteiger partial charge on any atom is -0.478 e. The third-order valence-electron chi connectivity index (χ3n) is 2.72. The van der Waals surface area contributed by atoms with Gasteiger partial charge in [-0.1, -0.05) is 6.92 Å². The largest absolute Gasteiger partial charge is 0.478 e. The second-order valence-electron chi connectivity index (χ2n) is 4.07. The minimum atomic E-state index is -1.08. The summed E-state index contributed by atoms with van der Waals surface area (Å²) in [5, 5.41) is 8.98. The number of furan rings is 1. The highest BCUT2D eigenvalue weighted by molar-refractivity contribution is 6.07. The zero-order valence-electron chi connectivity index (χ0n) is 8.66. The van der Waals surface area contributed by atoms with E-state index < -0.39 is 5.97 Å². The van der Waals surface area contributed by atoms with Gasteiger partial charge in [0.05, 0.1) is 5.56 Å². The van der Waals surface area contributed by atoms with E-state index in [1.54, 1.807) is 6.92 Å². The van der Waals surface area contributed by atoms with E-state index in [4.69, 9.17) is 9.52 Å². The van der Waals surface area contributed by atoms with Crippen molar-refractivity contribution in [2.45, 2.75) is 26.7 Å². The van der Waals surface area contributed by atoms with Crippen LogP contribution in [-0.4, -0.2) is 16.9 Å². The van der Waals surface area contributed by atoms with Crippen molar-refractivity contribution < 1.29 is 19.1 Å². The van der Waals surface area contributed by atoms with Gasteiger partial charge in [-0.3, -0.25) is 4.79 Å². The molecule has 0 fully saturated rings. The number of Topliss-reactive ketones (excluding diaryl/α,β-unsaturated/α-hetero) is 1. The van der Waals surface area contributed by atoms with Crippen LogP contribution in [0.1, 0.15) is 45.6 Å². The molecule has 1 N–H and O–H groups in total. The molecule has 0 radical (unpaired) electrons. The number of carboxylic acids is 1. The molecule has 0 unspecified atom stereocenters. The van der Waals surface area contributed by atoms with Gasteiger partial charge in [-0.25, -0.2) is 4.79 Å². The highest BCUT2D eigenvalue weighted by Gasteiger charge is 2.32. The van der Waals surface area contributed by atoms with Gasteiger partial charge in [-0.2, -0.15) is 0 Å². The molecule has 80 valence electrons. The summed E-state index contributed by atoms with van der Waals surface area (Å²) in [5.41, 5.74) is 0.333. The smallest absolute Gasteiger partial charge is 0.340 e. The van der Waals surface area contributed by atoms with E-state index >= 15 is 0 Å². The van der Waals surface area contributed by atoms with E-state index in [9.17, 15) is 9.59 Å². The first-order valence-corrected chi connectivity index (χ1v) is 4.89. The number of rotatable bonds is 1. The van der Waals surface area contributed by atoms with E-state index in [0.29, 0.717) is 24.4 Å². The van der Waals surface area contributed by atoms with Gasteiger partial charge in [0.1, 0.15) is 17.1 Å². The molecule has 4 heteroatoms. The molecule has 2 rings (SSSR count). The lowest BCUT2D eigenvalue weighted by Crippen LogP contribution is -2.18. The molecule has 1 aromatic heterocycles. The van der Waals surface area contributed by atoms with Crippen LogP contribution in [0.3, 0.4) is 0 Å². The minimum absolute atomic E-state index is 0.0434. The zero-order valence-corrected chi connectivity index (χ0v) is 8.66. The zero-order chi connectivity index (χ0) is 11.2. The summed E-state index contributed by atoms with van der Waals surface area (Å²) in [6.07, 6.45) is 1.06. The Morgan fingerprint density at radius 1 is 1.47 bits per heavy atom. The van der Waals surface area contributed by atoms with E-state index in [-0.39, 0.29) is 22.8 Å². The van der Waals surface area contributed by atoms with Gasteiger partial charge in [-0.15, -0.1) is 0 Å². The Balaban J connectivity index is 2.61. The van der Waals surface area contributed by atoms with Crippen LogP contribution in [0.2, 0.25) is 0 Å². The van der Waals surface area contributed by atoms with Crippen LogP contribution in [0.25, 0.3) is 0 Å². The summed E-state index contributed by atoms with van der Waals surface area (Å²) in [5.74, 6) is -0.0980. The molecular formula is C11H12O4. The number of fused-ring (bicyclic) bond motifs is 1. The molecule has 0 amide bonds. The van der Waals surface area contributed by atoms with Gasteiger partial charge in [0.25, 0.3) is 0 Å². The van der Waals surface area contributed by atoms with Crippen LogP contribution in [-0.2, 0) is 6.42 Å². The quantitative estimate of drug-likeness (QED) is 0.766. The number of ketones is 1. The fraction of sp³-hybridized carbons (Fsp3) is 0.455. The average Bonchev–Trinajstić information content (AvgIpc) is 2.40. The SMILES string of the molecule is Cc1oc2c(c1C(=O)O)C(=O)C[C@@H](C)C2. The second kappa shape index (κ2) is 3.22. The van der Waals surface area contributed by atoms with Crippen LogP contribution in [0.5, 0.6) is 0 Å². The Hall–Kier alpha value is -1.58. The van der Waals surface area contributed by atoms with Crippen LogP contribution >= 0.6 is 0 Å². The van der Waals surface area contributed by atoms with Gasteiger partial charge in [-0.05, 0) is 12.8 Å². The van der Waals surface area contributed by atoms with E-state index in [1.807, 2.05) is 6.92 Å². The summed E-state index contributed by atoms with van der Waals surface area (Å²) in [6, 6.07) is 0. The standard InChI is InChI=1S/C11H12O4/c1-5-3-7(12)10-8(4-5)15-6(2)9(10)11(13)14/h5H,3-4H2,1-2H3,(H,13,14)/t5-/m1/s1. The lowest BCUT2D eigenvalue weighted by Gasteiger charge is -2.15. The summed E-state index contributed by atoms with van der Waals surface area (Å²) < 4.78 is 5.34. The van der Waals surface area contributed by atoms with Crippen molar-refractivity contribution in [3.05, 3.63) is 22.6 Å². The Morgan fingerprint density at radius 3 is 2.73 bits per heavy atom. The third-order valence-corrected chi connectivity index (χ3v) is 2.72. The molecule has 1 aliphatic rings. The number of carbonyl (C=O) groups excluding carboxylic acids is 1. The van der Waals surface area contributed by atoms with Crippen LogP contribution in [0, 0.1) is 12.8 Å². The molecule has 0 saturated carbocycles. The maximum absolute atomic E-state index is 11.7. The molecule has 0 bridgehead atoms. The predicted octanol–water partition coefficient (Wildman–Crippen LogP) is 2.05. The van der Waals surface area contributed by atoms with Crippen molar-refractivity contribution in [2.24, 2.45) is 5.92 Å². The van der Waals surface area contributed by atoms with Gasteiger partial charge in [0.2, 0.25) is 0 Å². The van der Waals surface area contributed by atoms with Gasteiger partial charge >= 0.3 is 5.97 Å². The lowest BCUT2D eigenvalue weighted by atomic mass is 9.87. The molecule has 0 spiro atoms. The van der Waals surface area contributed by atoms with Crippen molar-refractivity contribution in [1.82, 2.24) is 0 Å². The normalized spacial score (nSPS) is 20.1. The number of aryl methyl sites for hydroxylation is 1. The summed E-state index contributed by atoms with van der Waals surface area (Å²) in [4.78, 5) is 22.7. The number of carboxylic acid groups (broad SMARTS) is 1. The highest BCUT2D eigenvalue weighted by atomic mass is 16.4. The number of hydrogen-bond donors (Lipinski definition) is 1. The first kappa shape index (κ1) is 9.96. The third kappa shape index (κ3) is 1.46. The monoisotopic (exact) mass is 208 g/mol. The molecular weight excluding hydrogens is 196 g/mol. The highest BCUT2D eigenvalue weighted by Crippen LogP contribution is 2.31. The van der Waals surface area contributed by atoms with Crippen LogP contribution in [0.4, 0.5) is 0 Å². The molecule has 1 heterocycles. The lowest BCUT2D eigenvalue weighted by molar-refractivity contribution is 0.0689. The molecule has 1 aliphatic carbocycles. The summed E-state index contributed by atoms with van der Waals surface area (Å²) in [7, 11) is 0. The number of aromatic carboxylic acids is 1. The van der Waals surface area contributed by atoms with Crippen LogP contribution < -0.4 is 0 Å². The fourth-order valence-corrected chi connectivity index (χ4v) is 2.11. The topological polar surface area (TPSA) is 67.5 Å². The first-order chi connectivity index (χ1) is 7.00. The predicted molar refractivity (Wildman–Crippen MR) is 52.2 cm³/mol. The van der Waals surface area contributed by atoms with Crippen molar-refractivity contribution >= 4 is 11.8 Å². The summed E-state index contributed by atoms with van der Waals surface area (Å²) in [6.45, 7) is 3.54. The second-order valence-corrected chi connectivity index (χ2v) is 4.07.